The molecule has 0 saturated heterocycles. The standard InChI is InChI=1S/C31H50O3/c1-8-22(19(2)3)10-9-20(4)26-13-14-27-25-12-11-23-17-24(34-21(5)32)15-16-30(23,6)28(25)18-29(33)31(26,27)7/h18-20,22-27H,8-17H2,1-7H3/t20-,22-,23+,24+,25+,26-,27+,30+,31-/m1/s1. The number of esters is 1. The van der Waals surface area contributed by atoms with Crippen molar-refractivity contribution in [2.45, 2.75) is 119 Å². The number of hydrogen-bond acceptors (Lipinski definition) is 3. The Balaban J connectivity index is 1.53. The minimum absolute atomic E-state index is 0.0618. The van der Waals surface area contributed by atoms with Crippen molar-refractivity contribution in [3.05, 3.63) is 11.6 Å². The first-order valence-corrected chi connectivity index (χ1v) is 14.5. The van der Waals surface area contributed by atoms with Crippen molar-refractivity contribution < 1.29 is 14.3 Å². The van der Waals surface area contributed by atoms with Gasteiger partial charge in [0.2, 0.25) is 0 Å². The zero-order chi connectivity index (χ0) is 24.8. The van der Waals surface area contributed by atoms with Crippen LogP contribution in [-0.2, 0) is 14.3 Å². The fraction of sp³-hybridized carbons (Fsp3) is 0.871. The Hall–Kier alpha value is -1.12. The molecule has 0 amide bonds. The van der Waals surface area contributed by atoms with Crippen LogP contribution in [-0.4, -0.2) is 17.9 Å². The van der Waals surface area contributed by atoms with Crippen LogP contribution in [0.3, 0.4) is 0 Å². The van der Waals surface area contributed by atoms with Crippen molar-refractivity contribution in [1.29, 1.82) is 0 Å². The molecule has 4 aliphatic rings. The Kier molecular flexibility index (Phi) is 7.43. The maximum absolute atomic E-state index is 14.0. The van der Waals surface area contributed by atoms with E-state index >= 15 is 0 Å². The molecule has 0 aliphatic heterocycles. The lowest BCUT2D eigenvalue weighted by molar-refractivity contribution is -0.151. The van der Waals surface area contributed by atoms with Gasteiger partial charge in [0.1, 0.15) is 6.10 Å². The second-order valence-electron chi connectivity index (χ2n) is 13.3. The Labute approximate surface area is 208 Å². The monoisotopic (exact) mass is 470 g/mol. The predicted octanol–water partition coefficient (Wildman–Crippen LogP) is 7.77. The van der Waals surface area contributed by atoms with Gasteiger partial charge < -0.3 is 4.74 Å². The summed E-state index contributed by atoms with van der Waals surface area (Å²) in [5.41, 5.74) is 1.40. The molecule has 34 heavy (non-hydrogen) atoms. The number of carbonyl (C=O) groups excluding carboxylic acids is 2. The molecule has 0 aromatic heterocycles. The summed E-state index contributed by atoms with van der Waals surface area (Å²) in [6.07, 6.45) is 13.8. The molecule has 0 bridgehead atoms. The molecule has 0 spiro atoms. The van der Waals surface area contributed by atoms with Gasteiger partial charge in [0, 0.05) is 12.3 Å². The minimum Gasteiger partial charge on any atom is -0.463 e. The maximum atomic E-state index is 14.0. The van der Waals surface area contributed by atoms with Crippen molar-refractivity contribution in [3.8, 4) is 0 Å². The summed E-state index contributed by atoms with van der Waals surface area (Å²) in [7, 11) is 0. The molecule has 0 radical (unpaired) electrons. The number of hydrogen-bond donors (Lipinski definition) is 0. The highest BCUT2D eigenvalue weighted by molar-refractivity contribution is 5.97. The van der Waals surface area contributed by atoms with Gasteiger partial charge in [-0.1, -0.05) is 60.0 Å². The third kappa shape index (κ3) is 4.32. The van der Waals surface area contributed by atoms with Gasteiger partial charge in [-0.2, -0.15) is 0 Å². The molecule has 3 nitrogen and oxygen atoms in total. The number of fused-ring (bicyclic) bond motifs is 5. The first-order valence-electron chi connectivity index (χ1n) is 14.5. The first kappa shape index (κ1) is 26.0. The fourth-order valence-electron chi connectivity index (χ4n) is 9.25. The molecule has 0 N–H and O–H groups in total. The zero-order valence-corrected chi connectivity index (χ0v) is 23.0. The summed E-state index contributed by atoms with van der Waals surface area (Å²) in [5, 5.41) is 0. The lowest BCUT2D eigenvalue weighted by Gasteiger charge is -2.56. The lowest BCUT2D eigenvalue weighted by Crippen LogP contribution is -2.52. The number of allylic oxidation sites excluding steroid dienone is 2. The third-order valence-corrected chi connectivity index (χ3v) is 11.4. The van der Waals surface area contributed by atoms with E-state index in [0.29, 0.717) is 35.4 Å². The number of carbonyl (C=O) groups is 2. The van der Waals surface area contributed by atoms with E-state index in [9.17, 15) is 9.59 Å². The van der Waals surface area contributed by atoms with E-state index in [2.05, 4.69) is 47.6 Å². The van der Waals surface area contributed by atoms with Crippen molar-refractivity contribution in [1.82, 2.24) is 0 Å². The van der Waals surface area contributed by atoms with Gasteiger partial charge >= 0.3 is 5.97 Å². The molecule has 0 aromatic rings. The predicted molar refractivity (Wildman–Crippen MR) is 138 cm³/mol. The van der Waals surface area contributed by atoms with Crippen LogP contribution in [0.4, 0.5) is 0 Å². The van der Waals surface area contributed by atoms with Crippen LogP contribution in [0, 0.1) is 52.3 Å². The zero-order valence-electron chi connectivity index (χ0n) is 23.0. The quantitative estimate of drug-likeness (QED) is 0.357. The Morgan fingerprint density at radius 3 is 2.47 bits per heavy atom. The average Bonchev–Trinajstić information content (AvgIpc) is 3.13. The van der Waals surface area contributed by atoms with Crippen LogP contribution in [0.1, 0.15) is 113 Å². The molecular formula is C31H50O3. The molecule has 0 heterocycles. The Morgan fingerprint density at radius 2 is 1.82 bits per heavy atom. The Morgan fingerprint density at radius 1 is 1.09 bits per heavy atom. The number of ketones is 1. The van der Waals surface area contributed by atoms with E-state index in [1.807, 2.05) is 0 Å². The molecule has 0 aromatic carbocycles. The largest absolute Gasteiger partial charge is 0.463 e. The summed E-state index contributed by atoms with van der Waals surface area (Å²) in [5.74, 6) is 4.59. The summed E-state index contributed by atoms with van der Waals surface area (Å²) >= 11 is 0. The highest BCUT2D eigenvalue weighted by Crippen LogP contribution is 2.65. The highest BCUT2D eigenvalue weighted by Gasteiger charge is 2.61. The van der Waals surface area contributed by atoms with E-state index in [4.69, 9.17) is 4.74 Å². The second kappa shape index (κ2) is 9.74. The van der Waals surface area contributed by atoms with Crippen LogP contribution in [0.15, 0.2) is 11.6 Å². The van der Waals surface area contributed by atoms with Crippen LogP contribution in [0.25, 0.3) is 0 Å². The molecule has 0 unspecified atom stereocenters. The normalized spacial score (nSPS) is 41.2. The van der Waals surface area contributed by atoms with Crippen molar-refractivity contribution in [2.75, 3.05) is 0 Å². The SMILES string of the molecule is CC[C@H](CC[C@@H](C)[C@H]1CC[C@H]2[C@@H]3CC[C@H]4C[C@@H](OC(C)=O)CC[C@]4(C)C3=CC(=O)[C@]12C)C(C)C. The first-order chi connectivity index (χ1) is 16.0. The second-order valence-corrected chi connectivity index (χ2v) is 13.3. The van der Waals surface area contributed by atoms with Crippen molar-refractivity contribution >= 4 is 11.8 Å². The summed E-state index contributed by atoms with van der Waals surface area (Å²) in [6.45, 7) is 15.8. The van der Waals surface area contributed by atoms with Gasteiger partial charge in [0.25, 0.3) is 0 Å². The molecule has 192 valence electrons. The molecule has 9 atom stereocenters. The van der Waals surface area contributed by atoms with Gasteiger partial charge in [0.15, 0.2) is 5.78 Å². The van der Waals surface area contributed by atoms with E-state index in [-0.39, 0.29) is 22.9 Å². The van der Waals surface area contributed by atoms with E-state index in [1.54, 1.807) is 0 Å². The van der Waals surface area contributed by atoms with Crippen molar-refractivity contribution in [3.63, 3.8) is 0 Å². The van der Waals surface area contributed by atoms with Crippen LogP contribution >= 0.6 is 0 Å². The fourth-order valence-corrected chi connectivity index (χ4v) is 9.25. The molecule has 3 saturated carbocycles. The van der Waals surface area contributed by atoms with Gasteiger partial charge in [-0.15, -0.1) is 0 Å². The van der Waals surface area contributed by atoms with E-state index in [0.717, 1.165) is 31.1 Å². The molecule has 4 rings (SSSR count). The van der Waals surface area contributed by atoms with Gasteiger partial charge in [-0.25, -0.2) is 0 Å². The molecule has 3 fully saturated rings. The van der Waals surface area contributed by atoms with Crippen LogP contribution in [0.2, 0.25) is 0 Å². The highest BCUT2D eigenvalue weighted by atomic mass is 16.5. The number of rotatable bonds is 7. The minimum atomic E-state index is -0.175. The molecule has 3 heteroatoms. The smallest absolute Gasteiger partial charge is 0.302 e. The van der Waals surface area contributed by atoms with Crippen LogP contribution < -0.4 is 0 Å². The maximum Gasteiger partial charge on any atom is 0.302 e. The Bertz CT molecular complexity index is 811. The van der Waals surface area contributed by atoms with E-state index < -0.39 is 0 Å². The number of ether oxygens (including phenoxy) is 1. The average molecular weight is 471 g/mol. The molecular weight excluding hydrogens is 420 g/mol. The summed E-state index contributed by atoms with van der Waals surface area (Å²) in [4.78, 5) is 25.5. The van der Waals surface area contributed by atoms with Gasteiger partial charge in [-0.05, 0) is 104 Å². The van der Waals surface area contributed by atoms with Gasteiger partial charge in [0.05, 0.1) is 0 Å². The van der Waals surface area contributed by atoms with Crippen molar-refractivity contribution in [2.24, 2.45) is 52.3 Å². The van der Waals surface area contributed by atoms with E-state index in [1.165, 1.54) is 57.4 Å². The molecule has 4 aliphatic carbocycles. The topological polar surface area (TPSA) is 43.4 Å². The summed E-state index contributed by atoms with van der Waals surface area (Å²) < 4.78 is 5.61. The van der Waals surface area contributed by atoms with Gasteiger partial charge in [-0.3, -0.25) is 9.59 Å². The summed E-state index contributed by atoms with van der Waals surface area (Å²) in [6, 6.07) is 0. The lowest BCUT2D eigenvalue weighted by atomic mass is 9.48. The third-order valence-electron chi connectivity index (χ3n) is 11.4. The van der Waals surface area contributed by atoms with Crippen LogP contribution in [0.5, 0.6) is 0 Å².